The van der Waals surface area contributed by atoms with Gasteiger partial charge in [0.05, 0.1) is 19.7 Å². The smallest absolute Gasteiger partial charge is 0.194 e. The summed E-state index contributed by atoms with van der Waals surface area (Å²) < 4.78 is 7.84. The summed E-state index contributed by atoms with van der Waals surface area (Å²) >= 11 is 0. The van der Waals surface area contributed by atoms with Crippen LogP contribution in [0.4, 0.5) is 0 Å². The van der Waals surface area contributed by atoms with Crippen molar-refractivity contribution in [2.45, 2.75) is 26.5 Å². The van der Waals surface area contributed by atoms with Crippen molar-refractivity contribution in [1.82, 2.24) is 25.0 Å². The predicted molar refractivity (Wildman–Crippen MR) is 118 cm³/mol. The number of hydrogen-bond donors (Lipinski definition) is 1. The zero-order chi connectivity index (χ0) is 20.8. The Balaban J connectivity index is 1.50. The van der Waals surface area contributed by atoms with Crippen LogP contribution in [0.3, 0.4) is 0 Å². The van der Waals surface area contributed by atoms with E-state index in [1.54, 1.807) is 17.1 Å². The summed E-state index contributed by atoms with van der Waals surface area (Å²) in [5, 5.41) is 7.69. The number of aryl methyl sites for hydroxylation is 1. The molecule has 1 aliphatic rings. The molecule has 1 atom stereocenters. The van der Waals surface area contributed by atoms with E-state index in [0.717, 1.165) is 37.0 Å². The second-order valence-corrected chi connectivity index (χ2v) is 7.31. The Labute approximate surface area is 177 Å². The lowest BCUT2D eigenvalue weighted by atomic mass is 10.0. The number of aromatic nitrogens is 3. The normalized spacial score (nSPS) is 17.2. The van der Waals surface area contributed by atoms with E-state index in [1.165, 1.54) is 11.1 Å². The van der Waals surface area contributed by atoms with Crippen molar-refractivity contribution in [2.75, 3.05) is 26.2 Å². The number of morpholine rings is 1. The van der Waals surface area contributed by atoms with Crippen LogP contribution >= 0.6 is 0 Å². The van der Waals surface area contributed by atoms with Gasteiger partial charge in [-0.2, -0.15) is 5.10 Å². The van der Waals surface area contributed by atoms with Crippen molar-refractivity contribution in [3.63, 3.8) is 0 Å². The molecule has 3 aromatic rings. The van der Waals surface area contributed by atoms with Gasteiger partial charge in [0, 0.05) is 31.7 Å². The quantitative estimate of drug-likeness (QED) is 0.523. The molecule has 1 aromatic carbocycles. The minimum absolute atomic E-state index is 0.0520. The Kier molecular flexibility index (Phi) is 6.39. The maximum atomic E-state index is 6.08. The Morgan fingerprint density at radius 2 is 2.13 bits per heavy atom. The first-order valence-electron chi connectivity index (χ1n) is 10.4. The van der Waals surface area contributed by atoms with E-state index in [4.69, 9.17) is 9.73 Å². The fraction of sp³-hybridized carbons (Fsp3) is 0.348. The number of ether oxygens (including phenoxy) is 1. The Morgan fingerprint density at radius 1 is 1.23 bits per heavy atom. The third-order valence-corrected chi connectivity index (χ3v) is 5.20. The van der Waals surface area contributed by atoms with E-state index in [1.807, 2.05) is 24.4 Å². The number of rotatable bonds is 5. The number of benzene rings is 1. The highest BCUT2D eigenvalue weighted by molar-refractivity contribution is 5.80. The van der Waals surface area contributed by atoms with Gasteiger partial charge in [-0.15, -0.1) is 0 Å². The summed E-state index contributed by atoms with van der Waals surface area (Å²) in [5.41, 5.74) is 3.60. The summed E-state index contributed by atoms with van der Waals surface area (Å²) in [7, 11) is 0. The van der Waals surface area contributed by atoms with E-state index < -0.39 is 0 Å². The number of guanidine groups is 1. The van der Waals surface area contributed by atoms with Crippen LogP contribution in [0.5, 0.6) is 0 Å². The Bertz CT molecular complexity index is 985. The number of aliphatic imine (C=N–C) groups is 1. The van der Waals surface area contributed by atoms with E-state index in [0.29, 0.717) is 13.2 Å². The van der Waals surface area contributed by atoms with Gasteiger partial charge in [-0.05, 0) is 48.7 Å². The second kappa shape index (κ2) is 9.54. The van der Waals surface area contributed by atoms with Gasteiger partial charge >= 0.3 is 0 Å². The zero-order valence-corrected chi connectivity index (χ0v) is 17.5. The van der Waals surface area contributed by atoms with Gasteiger partial charge in [-0.3, -0.25) is 0 Å². The van der Waals surface area contributed by atoms with Gasteiger partial charge in [0.1, 0.15) is 6.10 Å². The third-order valence-electron chi connectivity index (χ3n) is 5.20. The van der Waals surface area contributed by atoms with Crippen molar-refractivity contribution >= 4 is 5.96 Å². The molecule has 0 radical (unpaired) electrons. The van der Waals surface area contributed by atoms with Gasteiger partial charge in [0.15, 0.2) is 11.8 Å². The van der Waals surface area contributed by atoms with Crippen molar-refractivity contribution in [3.05, 3.63) is 77.7 Å². The third kappa shape index (κ3) is 4.68. The molecular formula is C23H28N6O. The van der Waals surface area contributed by atoms with Crippen LogP contribution < -0.4 is 5.32 Å². The standard InChI is InChI=1S/C23H28N6O/c1-3-24-23(26-16-19-9-11-25-22(15-19)29-12-6-10-27-29)28-13-14-30-21(17-28)20-8-5-4-7-18(20)2/h4-12,15,21H,3,13-14,16-17H2,1-2H3,(H,24,26). The first-order valence-corrected chi connectivity index (χ1v) is 10.4. The van der Waals surface area contributed by atoms with Gasteiger partial charge in [-0.25, -0.2) is 14.7 Å². The van der Waals surface area contributed by atoms with E-state index in [2.05, 4.69) is 58.4 Å². The van der Waals surface area contributed by atoms with Gasteiger partial charge in [0.25, 0.3) is 0 Å². The number of nitrogens with one attached hydrogen (secondary N) is 1. The fourth-order valence-corrected chi connectivity index (χ4v) is 3.66. The molecule has 0 aliphatic carbocycles. The lowest BCUT2D eigenvalue weighted by molar-refractivity contribution is -0.00834. The Morgan fingerprint density at radius 3 is 2.93 bits per heavy atom. The Hall–Kier alpha value is -3.19. The molecule has 1 N–H and O–H groups in total. The van der Waals surface area contributed by atoms with E-state index in [-0.39, 0.29) is 6.10 Å². The van der Waals surface area contributed by atoms with Crippen molar-refractivity contribution < 1.29 is 4.74 Å². The summed E-state index contributed by atoms with van der Waals surface area (Å²) in [5.74, 6) is 1.71. The van der Waals surface area contributed by atoms with Crippen LogP contribution in [0.2, 0.25) is 0 Å². The molecule has 1 fully saturated rings. The highest BCUT2D eigenvalue weighted by Crippen LogP contribution is 2.25. The molecule has 156 valence electrons. The van der Waals surface area contributed by atoms with Crippen LogP contribution in [0.15, 0.2) is 66.0 Å². The molecule has 1 unspecified atom stereocenters. The molecule has 0 bridgehead atoms. The number of pyridine rings is 1. The van der Waals surface area contributed by atoms with Crippen LogP contribution in [0.1, 0.15) is 29.7 Å². The van der Waals surface area contributed by atoms with Crippen LogP contribution in [-0.2, 0) is 11.3 Å². The van der Waals surface area contributed by atoms with Gasteiger partial charge in [-0.1, -0.05) is 24.3 Å². The maximum absolute atomic E-state index is 6.08. The van der Waals surface area contributed by atoms with E-state index in [9.17, 15) is 0 Å². The SMILES string of the molecule is CCNC(=NCc1ccnc(-n2cccn2)c1)N1CCOC(c2ccccc2C)C1. The molecule has 0 spiro atoms. The lowest BCUT2D eigenvalue weighted by Crippen LogP contribution is -2.48. The second-order valence-electron chi connectivity index (χ2n) is 7.31. The zero-order valence-electron chi connectivity index (χ0n) is 17.5. The van der Waals surface area contributed by atoms with E-state index >= 15 is 0 Å². The minimum atomic E-state index is 0.0520. The van der Waals surface area contributed by atoms with Crippen LogP contribution in [0, 0.1) is 6.92 Å². The molecule has 30 heavy (non-hydrogen) atoms. The first kappa shape index (κ1) is 20.1. The fourth-order valence-electron chi connectivity index (χ4n) is 3.66. The highest BCUT2D eigenvalue weighted by atomic mass is 16.5. The highest BCUT2D eigenvalue weighted by Gasteiger charge is 2.25. The molecule has 7 heteroatoms. The molecule has 3 heterocycles. The predicted octanol–water partition coefficient (Wildman–Crippen LogP) is 3.11. The van der Waals surface area contributed by atoms with Gasteiger partial charge < -0.3 is 15.0 Å². The van der Waals surface area contributed by atoms with Crippen molar-refractivity contribution in [2.24, 2.45) is 4.99 Å². The topological polar surface area (TPSA) is 67.6 Å². The minimum Gasteiger partial charge on any atom is -0.370 e. The average molecular weight is 405 g/mol. The monoisotopic (exact) mass is 404 g/mol. The average Bonchev–Trinajstić information content (AvgIpc) is 3.32. The molecule has 2 aromatic heterocycles. The lowest BCUT2D eigenvalue weighted by Gasteiger charge is -2.35. The summed E-state index contributed by atoms with van der Waals surface area (Å²) in [6.45, 7) is 7.91. The first-order chi connectivity index (χ1) is 14.7. The van der Waals surface area contributed by atoms with Gasteiger partial charge in [0.2, 0.25) is 0 Å². The summed E-state index contributed by atoms with van der Waals surface area (Å²) in [6.07, 6.45) is 5.49. The molecule has 0 saturated carbocycles. The number of hydrogen-bond acceptors (Lipinski definition) is 4. The molecule has 0 amide bonds. The summed E-state index contributed by atoms with van der Waals surface area (Å²) in [6, 6.07) is 14.3. The molecule has 4 rings (SSSR count). The van der Waals surface area contributed by atoms with Crippen LogP contribution in [-0.4, -0.2) is 51.9 Å². The molecule has 1 saturated heterocycles. The molecule has 7 nitrogen and oxygen atoms in total. The molecular weight excluding hydrogens is 376 g/mol. The van der Waals surface area contributed by atoms with Crippen molar-refractivity contribution in [1.29, 1.82) is 0 Å². The van der Waals surface area contributed by atoms with Crippen LogP contribution in [0.25, 0.3) is 5.82 Å². The maximum Gasteiger partial charge on any atom is 0.194 e. The number of nitrogens with zero attached hydrogens (tertiary/aromatic N) is 5. The molecule has 1 aliphatic heterocycles. The summed E-state index contributed by atoms with van der Waals surface area (Å²) in [4.78, 5) is 11.6. The largest absolute Gasteiger partial charge is 0.370 e. The van der Waals surface area contributed by atoms with Crippen molar-refractivity contribution in [3.8, 4) is 5.82 Å².